The lowest BCUT2D eigenvalue weighted by molar-refractivity contribution is 0.227. The van der Waals surface area contributed by atoms with Crippen LogP contribution >= 0.6 is 0 Å². The molecule has 2 aromatic heterocycles. The molecule has 0 unspecified atom stereocenters. The molecular formula is C29H36N6O3. The molecule has 4 heterocycles. The van der Waals surface area contributed by atoms with Crippen LogP contribution in [0.25, 0.3) is 22.2 Å². The number of piperidine rings is 2. The lowest BCUT2D eigenvalue weighted by Gasteiger charge is -2.33. The van der Waals surface area contributed by atoms with Crippen LogP contribution in [-0.4, -0.2) is 54.3 Å². The summed E-state index contributed by atoms with van der Waals surface area (Å²) < 4.78 is 12.1. The van der Waals surface area contributed by atoms with Crippen LogP contribution in [-0.2, 0) is 0 Å². The van der Waals surface area contributed by atoms with Crippen LogP contribution in [0.4, 0.5) is 16.8 Å². The second kappa shape index (κ2) is 9.85. The molecule has 6 rings (SSSR count). The minimum atomic E-state index is -0.0810. The monoisotopic (exact) mass is 516 g/mol. The number of hydrogen-bond acceptors (Lipinski definition) is 7. The third kappa shape index (κ3) is 4.89. The van der Waals surface area contributed by atoms with E-state index in [4.69, 9.17) is 18.8 Å². The number of urea groups is 1. The number of amides is 2. The van der Waals surface area contributed by atoms with Gasteiger partial charge in [0.05, 0.1) is 0 Å². The molecule has 38 heavy (non-hydrogen) atoms. The first-order valence-corrected chi connectivity index (χ1v) is 13.6. The normalized spacial score (nSPS) is 17.5. The Balaban J connectivity index is 0.968. The lowest BCUT2D eigenvalue weighted by Crippen LogP contribution is -2.52. The van der Waals surface area contributed by atoms with Gasteiger partial charge in [-0.05, 0) is 99.9 Å². The van der Waals surface area contributed by atoms with Gasteiger partial charge in [-0.1, -0.05) is 0 Å². The maximum absolute atomic E-state index is 12.7. The number of anilines is 2. The summed E-state index contributed by atoms with van der Waals surface area (Å²) in [4.78, 5) is 26.5. The van der Waals surface area contributed by atoms with Crippen molar-refractivity contribution in [3.05, 3.63) is 46.5 Å². The molecule has 9 nitrogen and oxygen atoms in total. The van der Waals surface area contributed by atoms with E-state index in [-0.39, 0.29) is 18.1 Å². The van der Waals surface area contributed by atoms with E-state index in [0.717, 1.165) is 74.1 Å². The molecule has 2 aliphatic heterocycles. The molecule has 0 saturated carbocycles. The zero-order valence-electron chi connectivity index (χ0n) is 22.6. The molecule has 9 heteroatoms. The highest BCUT2D eigenvalue weighted by molar-refractivity contribution is 5.78. The van der Waals surface area contributed by atoms with Gasteiger partial charge in [0.2, 0.25) is 0 Å². The van der Waals surface area contributed by atoms with Gasteiger partial charge in [-0.25, -0.2) is 4.79 Å². The van der Waals surface area contributed by atoms with Crippen molar-refractivity contribution in [1.29, 1.82) is 0 Å². The number of fused-ring (bicyclic) bond motifs is 2. The van der Waals surface area contributed by atoms with E-state index in [1.165, 1.54) is 22.3 Å². The van der Waals surface area contributed by atoms with Crippen molar-refractivity contribution in [2.24, 2.45) is 0 Å². The smallest absolute Gasteiger partial charge is 0.315 e. The van der Waals surface area contributed by atoms with Crippen molar-refractivity contribution in [3.8, 4) is 0 Å². The zero-order valence-corrected chi connectivity index (χ0v) is 22.6. The second-order valence-electron chi connectivity index (χ2n) is 10.9. The number of benzene rings is 2. The van der Waals surface area contributed by atoms with E-state index in [1.807, 2.05) is 0 Å². The Labute approximate surface area is 222 Å². The van der Waals surface area contributed by atoms with Crippen molar-refractivity contribution in [3.63, 3.8) is 0 Å². The second-order valence-corrected chi connectivity index (χ2v) is 10.9. The Kier molecular flexibility index (Phi) is 6.37. The van der Waals surface area contributed by atoms with Crippen molar-refractivity contribution in [2.75, 3.05) is 36.0 Å². The van der Waals surface area contributed by atoms with E-state index < -0.39 is 0 Å². The van der Waals surface area contributed by atoms with Crippen LogP contribution < -0.4 is 20.4 Å². The SMILES string of the molecule is Cc1cc2nc(N3CCC(NC(=O)NC4CCN(c5nc6cc(C)c(C)cc6o5)CC4)CC3)oc2cc1C. The molecule has 2 N–H and O–H groups in total. The van der Waals surface area contributed by atoms with Crippen LogP contribution in [0.5, 0.6) is 0 Å². The summed E-state index contributed by atoms with van der Waals surface area (Å²) in [5, 5.41) is 6.36. The molecule has 2 aliphatic rings. The number of nitrogens with zero attached hydrogens (tertiary/aromatic N) is 4. The first-order valence-electron chi connectivity index (χ1n) is 13.6. The quantitative estimate of drug-likeness (QED) is 0.387. The van der Waals surface area contributed by atoms with Crippen molar-refractivity contribution in [2.45, 2.75) is 65.5 Å². The number of aryl methyl sites for hydroxylation is 4. The fourth-order valence-electron chi connectivity index (χ4n) is 5.45. The molecule has 2 amide bonds. The fraction of sp³-hybridized carbons (Fsp3) is 0.483. The number of oxazole rings is 2. The van der Waals surface area contributed by atoms with Gasteiger partial charge in [0.25, 0.3) is 12.0 Å². The van der Waals surface area contributed by atoms with Crippen LogP contribution in [0.3, 0.4) is 0 Å². The lowest BCUT2D eigenvalue weighted by atomic mass is 10.0. The number of hydrogen-bond donors (Lipinski definition) is 2. The molecule has 200 valence electrons. The molecule has 0 radical (unpaired) electrons. The van der Waals surface area contributed by atoms with Gasteiger partial charge >= 0.3 is 6.03 Å². The van der Waals surface area contributed by atoms with Crippen LogP contribution in [0.2, 0.25) is 0 Å². The van der Waals surface area contributed by atoms with Gasteiger partial charge in [-0.3, -0.25) is 0 Å². The number of rotatable bonds is 4. The van der Waals surface area contributed by atoms with Gasteiger partial charge in [0, 0.05) is 38.3 Å². The number of aromatic nitrogens is 2. The Morgan fingerprint density at radius 2 is 1.05 bits per heavy atom. The Hall–Kier alpha value is -3.75. The highest BCUT2D eigenvalue weighted by atomic mass is 16.4. The molecule has 0 spiro atoms. The van der Waals surface area contributed by atoms with Crippen molar-refractivity contribution in [1.82, 2.24) is 20.6 Å². The van der Waals surface area contributed by atoms with Gasteiger partial charge in [-0.2, -0.15) is 9.97 Å². The predicted octanol–water partition coefficient (Wildman–Crippen LogP) is 5.14. The highest BCUT2D eigenvalue weighted by Crippen LogP contribution is 2.28. The summed E-state index contributed by atoms with van der Waals surface area (Å²) in [5.74, 6) is 0. The zero-order chi connectivity index (χ0) is 26.4. The molecule has 2 aromatic carbocycles. The summed E-state index contributed by atoms with van der Waals surface area (Å²) in [5.41, 5.74) is 8.30. The third-order valence-corrected chi connectivity index (χ3v) is 8.19. The van der Waals surface area contributed by atoms with Gasteiger partial charge < -0.3 is 29.3 Å². The van der Waals surface area contributed by atoms with E-state index in [9.17, 15) is 4.79 Å². The maximum atomic E-state index is 12.7. The highest BCUT2D eigenvalue weighted by Gasteiger charge is 2.27. The average molecular weight is 517 g/mol. The van der Waals surface area contributed by atoms with Crippen molar-refractivity contribution >= 4 is 40.3 Å². The topological polar surface area (TPSA) is 99.7 Å². The molecule has 0 aliphatic carbocycles. The number of nitrogens with one attached hydrogen (secondary N) is 2. The Morgan fingerprint density at radius 1 is 0.684 bits per heavy atom. The third-order valence-electron chi connectivity index (χ3n) is 8.19. The Morgan fingerprint density at radius 3 is 1.45 bits per heavy atom. The predicted molar refractivity (Wildman–Crippen MR) is 149 cm³/mol. The maximum Gasteiger partial charge on any atom is 0.315 e. The number of carbonyl (C=O) groups is 1. The molecule has 0 bridgehead atoms. The minimum Gasteiger partial charge on any atom is -0.423 e. The largest absolute Gasteiger partial charge is 0.423 e. The van der Waals surface area contributed by atoms with E-state index in [1.54, 1.807) is 0 Å². The molecule has 4 aromatic rings. The standard InChI is InChI=1S/C29H36N6O3/c1-17-13-23-25(15-19(17)3)37-28(32-23)34-9-5-21(6-10-34)30-27(36)31-22-7-11-35(12-8-22)29-33-24-14-18(2)20(4)16-26(24)38-29/h13-16,21-22H,5-12H2,1-4H3,(H2,30,31,36). The number of carbonyl (C=O) groups excluding carboxylic acids is 1. The molecular weight excluding hydrogens is 480 g/mol. The first kappa shape index (κ1) is 24.6. The van der Waals surface area contributed by atoms with Crippen LogP contribution in [0, 0.1) is 27.7 Å². The molecule has 2 fully saturated rings. The average Bonchev–Trinajstić information content (AvgIpc) is 3.49. The fourth-order valence-corrected chi connectivity index (χ4v) is 5.45. The first-order chi connectivity index (χ1) is 18.3. The van der Waals surface area contributed by atoms with Crippen LogP contribution in [0.1, 0.15) is 47.9 Å². The van der Waals surface area contributed by atoms with E-state index in [0.29, 0.717) is 12.0 Å². The summed E-state index contributed by atoms with van der Waals surface area (Å²) >= 11 is 0. The van der Waals surface area contributed by atoms with Gasteiger partial charge in [-0.15, -0.1) is 0 Å². The van der Waals surface area contributed by atoms with Gasteiger partial charge in [0.15, 0.2) is 11.2 Å². The molecule has 2 saturated heterocycles. The summed E-state index contributed by atoms with van der Waals surface area (Å²) in [7, 11) is 0. The van der Waals surface area contributed by atoms with Gasteiger partial charge in [0.1, 0.15) is 11.0 Å². The van der Waals surface area contributed by atoms with E-state index in [2.05, 4.69) is 72.4 Å². The summed E-state index contributed by atoms with van der Waals surface area (Å²) in [6, 6.07) is 9.82. The Bertz CT molecular complexity index is 1290. The summed E-state index contributed by atoms with van der Waals surface area (Å²) in [6.07, 6.45) is 3.44. The minimum absolute atomic E-state index is 0.0810. The van der Waals surface area contributed by atoms with E-state index >= 15 is 0 Å². The van der Waals surface area contributed by atoms with Crippen LogP contribution in [0.15, 0.2) is 33.1 Å². The summed E-state index contributed by atoms with van der Waals surface area (Å²) in [6.45, 7) is 11.6. The molecule has 0 atom stereocenters. The van der Waals surface area contributed by atoms with Crippen molar-refractivity contribution < 1.29 is 13.6 Å².